The summed E-state index contributed by atoms with van der Waals surface area (Å²) >= 11 is 0. The lowest BCUT2D eigenvalue weighted by molar-refractivity contribution is -0.137. The predicted octanol–water partition coefficient (Wildman–Crippen LogP) is 1.29. The molecule has 2 saturated heterocycles. The fraction of sp³-hybridized carbons (Fsp3) is 0.600. The lowest BCUT2D eigenvalue weighted by atomic mass is 9.92. The predicted molar refractivity (Wildman–Crippen MR) is 106 cm³/mol. The molecule has 2 aliphatic rings. The van der Waals surface area contributed by atoms with Crippen molar-refractivity contribution < 1.29 is 4.79 Å². The standard InChI is InChI=1S/C20H29N7O/c21-12-18-15-27(24-23-18)13-16-6-10-25(11-7-16)20(28)17-4-3-9-26(14-17)19-5-1-2-8-22-19/h1-2,5,8,15-17H,3-4,6-7,9-14,21H2/t17-/m1/s1. The molecule has 0 bridgehead atoms. The molecule has 150 valence electrons. The number of hydrogen-bond donors (Lipinski definition) is 1. The maximum absolute atomic E-state index is 13.1. The summed E-state index contributed by atoms with van der Waals surface area (Å²) in [6, 6.07) is 5.96. The average molecular weight is 384 g/mol. The van der Waals surface area contributed by atoms with Gasteiger partial charge in [-0.3, -0.25) is 9.48 Å². The van der Waals surface area contributed by atoms with Gasteiger partial charge in [0.2, 0.25) is 5.91 Å². The molecule has 4 rings (SSSR count). The summed E-state index contributed by atoms with van der Waals surface area (Å²) in [6.45, 7) is 4.70. The molecule has 0 radical (unpaired) electrons. The number of nitrogens with zero attached hydrogens (tertiary/aromatic N) is 6. The molecular weight excluding hydrogens is 354 g/mol. The molecule has 4 heterocycles. The Kier molecular flexibility index (Phi) is 5.85. The minimum Gasteiger partial charge on any atom is -0.356 e. The van der Waals surface area contributed by atoms with Crippen LogP contribution in [0.3, 0.4) is 0 Å². The minimum atomic E-state index is 0.0785. The van der Waals surface area contributed by atoms with Crippen LogP contribution in [0, 0.1) is 11.8 Å². The van der Waals surface area contributed by atoms with Crippen molar-refractivity contribution in [2.75, 3.05) is 31.1 Å². The van der Waals surface area contributed by atoms with Gasteiger partial charge in [0, 0.05) is 51.7 Å². The molecule has 2 aromatic rings. The van der Waals surface area contributed by atoms with Crippen LogP contribution in [0.4, 0.5) is 5.82 Å². The molecule has 0 unspecified atom stereocenters. The molecule has 28 heavy (non-hydrogen) atoms. The zero-order valence-corrected chi connectivity index (χ0v) is 16.3. The summed E-state index contributed by atoms with van der Waals surface area (Å²) in [5, 5.41) is 8.19. The van der Waals surface area contributed by atoms with E-state index in [2.05, 4.69) is 25.1 Å². The van der Waals surface area contributed by atoms with Crippen molar-refractivity contribution >= 4 is 11.7 Å². The summed E-state index contributed by atoms with van der Waals surface area (Å²) in [4.78, 5) is 21.8. The first kappa shape index (κ1) is 18.9. The van der Waals surface area contributed by atoms with E-state index < -0.39 is 0 Å². The Bertz CT molecular complexity index is 770. The Morgan fingerprint density at radius 3 is 2.75 bits per heavy atom. The zero-order chi connectivity index (χ0) is 19.3. The Morgan fingerprint density at radius 2 is 2.04 bits per heavy atom. The van der Waals surface area contributed by atoms with Crippen molar-refractivity contribution in [2.45, 2.75) is 38.8 Å². The van der Waals surface area contributed by atoms with E-state index in [1.54, 1.807) is 0 Å². The van der Waals surface area contributed by atoms with Crippen LogP contribution in [-0.4, -0.2) is 57.0 Å². The van der Waals surface area contributed by atoms with E-state index in [9.17, 15) is 4.79 Å². The van der Waals surface area contributed by atoms with Crippen LogP contribution in [0.1, 0.15) is 31.4 Å². The van der Waals surface area contributed by atoms with Crippen LogP contribution >= 0.6 is 0 Å². The average Bonchev–Trinajstić information content (AvgIpc) is 3.22. The number of hydrogen-bond acceptors (Lipinski definition) is 6. The van der Waals surface area contributed by atoms with Crippen molar-refractivity contribution in [3.8, 4) is 0 Å². The van der Waals surface area contributed by atoms with Gasteiger partial charge in [-0.25, -0.2) is 4.98 Å². The Morgan fingerprint density at radius 1 is 1.18 bits per heavy atom. The number of piperidine rings is 2. The largest absolute Gasteiger partial charge is 0.356 e. The normalized spacial score (nSPS) is 21.1. The number of rotatable bonds is 5. The highest BCUT2D eigenvalue weighted by molar-refractivity contribution is 5.79. The van der Waals surface area contributed by atoms with Gasteiger partial charge in [-0.1, -0.05) is 11.3 Å². The van der Waals surface area contributed by atoms with Crippen LogP contribution in [0.2, 0.25) is 0 Å². The van der Waals surface area contributed by atoms with Crippen molar-refractivity contribution in [1.82, 2.24) is 24.9 Å². The van der Waals surface area contributed by atoms with Gasteiger partial charge in [-0.05, 0) is 43.7 Å². The quantitative estimate of drug-likeness (QED) is 0.836. The highest BCUT2D eigenvalue weighted by Crippen LogP contribution is 2.26. The van der Waals surface area contributed by atoms with Gasteiger partial charge in [0.25, 0.3) is 0 Å². The maximum Gasteiger partial charge on any atom is 0.227 e. The van der Waals surface area contributed by atoms with Crippen LogP contribution < -0.4 is 10.6 Å². The monoisotopic (exact) mass is 383 g/mol. The lowest BCUT2D eigenvalue weighted by Crippen LogP contribution is -2.47. The van der Waals surface area contributed by atoms with Crippen molar-refractivity contribution in [3.63, 3.8) is 0 Å². The highest BCUT2D eigenvalue weighted by atomic mass is 16.2. The number of pyridine rings is 1. The van der Waals surface area contributed by atoms with Gasteiger partial charge in [0.15, 0.2) is 0 Å². The number of amides is 1. The van der Waals surface area contributed by atoms with Crippen LogP contribution in [0.25, 0.3) is 0 Å². The van der Waals surface area contributed by atoms with E-state index in [0.717, 1.165) is 69.9 Å². The van der Waals surface area contributed by atoms with E-state index >= 15 is 0 Å². The second-order valence-corrected chi connectivity index (χ2v) is 7.88. The van der Waals surface area contributed by atoms with E-state index in [-0.39, 0.29) is 5.92 Å². The summed E-state index contributed by atoms with van der Waals surface area (Å²) in [7, 11) is 0. The molecule has 1 atom stereocenters. The maximum atomic E-state index is 13.1. The van der Waals surface area contributed by atoms with Gasteiger partial charge < -0.3 is 15.5 Å². The first-order valence-electron chi connectivity index (χ1n) is 10.3. The molecule has 1 amide bonds. The number of carbonyl (C=O) groups excluding carboxylic acids is 1. The molecule has 0 aromatic carbocycles. The molecule has 2 N–H and O–H groups in total. The first-order chi connectivity index (χ1) is 13.7. The van der Waals surface area contributed by atoms with Crippen molar-refractivity contribution in [1.29, 1.82) is 0 Å². The fourth-order valence-electron chi connectivity index (χ4n) is 4.31. The number of nitrogens with two attached hydrogens (primary N) is 1. The number of anilines is 1. The van der Waals surface area contributed by atoms with Crippen LogP contribution in [0.5, 0.6) is 0 Å². The fourth-order valence-corrected chi connectivity index (χ4v) is 4.31. The third-order valence-corrected chi connectivity index (χ3v) is 5.91. The number of aromatic nitrogens is 4. The van der Waals surface area contributed by atoms with Gasteiger partial charge >= 0.3 is 0 Å². The molecule has 8 heteroatoms. The van der Waals surface area contributed by atoms with Crippen molar-refractivity contribution in [2.24, 2.45) is 17.6 Å². The van der Waals surface area contributed by atoms with E-state index in [0.29, 0.717) is 18.4 Å². The number of carbonyl (C=O) groups is 1. The second-order valence-electron chi connectivity index (χ2n) is 7.88. The highest BCUT2D eigenvalue weighted by Gasteiger charge is 2.32. The summed E-state index contributed by atoms with van der Waals surface area (Å²) < 4.78 is 1.89. The van der Waals surface area contributed by atoms with Crippen molar-refractivity contribution in [3.05, 3.63) is 36.3 Å². The lowest BCUT2D eigenvalue weighted by Gasteiger charge is -2.38. The molecule has 8 nitrogen and oxygen atoms in total. The molecule has 2 aromatic heterocycles. The van der Waals surface area contributed by atoms with Gasteiger partial charge in [0.1, 0.15) is 5.82 Å². The Balaban J connectivity index is 1.28. The van der Waals surface area contributed by atoms with Crippen LogP contribution in [0.15, 0.2) is 30.6 Å². The third-order valence-electron chi connectivity index (χ3n) is 5.91. The molecule has 0 aliphatic carbocycles. The minimum absolute atomic E-state index is 0.0785. The summed E-state index contributed by atoms with van der Waals surface area (Å²) in [5.41, 5.74) is 6.42. The van der Waals surface area contributed by atoms with Gasteiger partial charge in [0.05, 0.1) is 11.6 Å². The number of likely N-dealkylation sites (tertiary alicyclic amines) is 1. The van der Waals surface area contributed by atoms with Gasteiger partial charge in [-0.2, -0.15) is 0 Å². The van der Waals surface area contributed by atoms with Crippen LogP contribution in [-0.2, 0) is 17.9 Å². The van der Waals surface area contributed by atoms with Gasteiger partial charge in [-0.15, -0.1) is 5.10 Å². The summed E-state index contributed by atoms with van der Waals surface area (Å²) in [6.07, 6.45) is 7.78. The molecule has 0 spiro atoms. The summed E-state index contributed by atoms with van der Waals surface area (Å²) in [5.74, 6) is 1.90. The van der Waals surface area contributed by atoms with E-state index in [1.165, 1.54) is 0 Å². The van der Waals surface area contributed by atoms with E-state index in [4.69, 9.17) is 5.73 Å². The smallest absolute Gasteiger partial charge is 0.227 e. The Hall–Kier alpha value is -2.48. The molecule has 2 aliphatic heterocycles. The molecule has 0 saturated carbocycles. The second kappa shape index (κ2) is 8.68. The zero-order valence-electron chi connectivity index (χ0n) is 16.3. The molecular formula is C20H29N7O. The Labute approximate surface area is 165 Å². The third kappa shape index (κ3) is 4.32. The SMILES string of the molecule is NCc1cn(CC2CCN(C(=O)[C@@H]3CCCN(c4ccccn4)C3)CC2)nn1. The molecule has 2 fully saturated rings. The first-order valence-corrected chi connectivity index (χ1v) is 10.3. The van der Waals surface area contributed by atoms with E-state index in [1.807, 2.05) is 35.3 Å². The topological polar surface area (TPSA) is 93.2 Å².